The van der Waals surface area contributed by atoms with Gasteiger partial charge in [0, 0.05) is 11.5 Å². The van der Waals surface area contributed by atoms with Gasteiger partial charge in [0.15, 0.2) is 0 Å². The number of allylic oxidation sites excluding steroid dienone is 1. The van der Waals surface area contributed by atoms with Gasteiger partial charge in [0.25, 0.3) is 0 Å². The monoisotopic (exact) mass is 463 g/mol. The van der Waals surface area contributed by atoms with Crippen molar-refractivity contribution in [3.05, 3.63) is 101 Å². The van der Waals surface area contributed by atoms with Gasteiger partial charge < -0.3 is 4.74 Å². The molecule has 174 valence electrons. The van der Waals surface area contributed by atoms with Gasteiger partial charge in [-0.1, -0.05) is 66.2 Å². The van der Waals surface area contributed by atoms with Crippen LogP contribution in [0.3, 0.4) is 0 Å². The molecule has 5 heteroatoms. The van der Waals surface area contributed by atoms with Gasteiger partial charge in [0.1, 0.15) is 5.75 Å². The first kappa shape index (κ1) is 21.5. The number of amides is 2. The summed E-state index contributed by atoms with van der Waals surface area (Å²) in [6.45, 7) is 5.82. The van der Waals surface area contributed by atoms with Crippen LogP contribution >= 0.6 is 0 Å². The highest BCUT2D eigenvalue weighted by Gasteiger charge is 2.60. The van der Waals surface area contributed by atoms with Crippen molar-refractivity contribution in [2.24, 2.45) is 17.8 Å². The molecule has 0 saturated carbocycles. The fourth-order valence-electron chi connectivity index (χ4n) is 5.96. The molecule has 1 aliphatic carbocycles. The van der Waals surface area contributed by atoms with Crippen molar-refractivity contribution in [3.8, 4) is 5.75 Å². The van der Waals surface area contributed by atoms with Gasteiger partial charge >= 0.3 is 5.97 Å². The van der Waals surface area contributed by atoms with Gasteiger partial charge in [0.2, 0.25) is 11.8 Å². The third-order valence-corrected chi connectivity index (χ3v) is 7.53. The summed E-state index contributed by atoms with van der Waals surface area (Å²) < 4.78 is 5.73. The summed E-state index contributed by atoms with van der Waals surface area (Å²) in [6.07, 6.45) is 2.02. The Labute approximate surface area is 204 Å². The lowest BCUT2D eigenvalue weighted by Crippen LogP contribution is -2.42. The van der Waals surface area contributed by atoms with Crippen LogP contribution in [0.2, 0.25) is 0 Å². The van der Waals surface area contributed by atoms with Gasteiger partial charge in [0.05, 0.1) is 23.4 Å². The predicted octanol–water partition coefficient (Wildman–Crippen LogP) is 5.13. The zero-order valence-electron chi connectivity index (χ0n) is 19.8. The highest BCUT2D eigenvalue weighted by atomic mass is 16.5. The van der Waals surface area contributed by atoms with Crippen molar-refractivity contribution in [2.45, 2.75) is 26.7 Å². The molecule has 6 rings (SSSR count). The minimum Gasteiger partial charge on any atom is -0.425 e. The molecule has 4 atom stereocenters. The van der Waals surface area contributed by atoms with Crippen LogP contribution in [-0.4, -0.2) is 17.8 Å². The summed E-state index contributed by atoms with van der Waals surface area (Å²) in [6, 6.07) is 21.2. The smallest absolute Gasteiger partial charge is 0.319 e. The molecule has 1 saturated heterocycles. The summed E-state index contributed by atoms with van der Waals surface area (Å²) in [7, 11) is 0. The molecule has 1 fully saturated rings. The molecule has 0 unspecified atom stereocenters. The number of carbonyl (C=O) groups excluding carboxylic acids is 3. The van der Waals surface area contributed by atoms with E-state index in [1.165, 1.54) is 4.90 Å². The Hall–Kier alpha value is -3.99. The average Bonchev–Trinajstić information content (AvgIpc) is 3.09. The average molecular weight is 464 g/mol. The van der Waals surface area contributed by atoms with Crippen molar-refractivity contribution >= 4 is 29.0 Å². The maximum Gasteiger partial charge on any atom is 0.319 e. The van der Waals surface area contributed by atoms with E-state index in [2.05, 4.69) is 0 Å². The third-order valence-electron chi connectivity index (χ3n) is 7.53. The van der Waals surface area contributed by atoms with Gasteiger partial charge in [-0.25, -0.2) is 4.90 Å². The molecule has 0 aromatic heterocycles. The molecule has 35 heavy (non-hydrogen) atoms. The standard InChI is InChI=1S/C30H25NO4/c1-16-10-12-23(18(3)13-16)31-28(32)25-21(19-7-5-4-6-8-19)15-22-20-11-9-17(2)14-24(20)35-30(34)26(22)27(25)29(31)33/h4-15,21,25-27H,1-3H3/t21-,25+,26-,27+/m1/s1. The highest BCUT2D eigenvalue weighted by Crippen LogP contribution is 2.54. The lowest BCUT2D eigenvalue weighted by Gasteiger charge is -2.38. The number of anilines is 1. The zero-order chi connectivity index (χ0) is 24.4. The van der Waals surface area contributed by atoms with Gasteiger partial charge in [-0.15, -0.1) is 0 Å². The number of carbonyl (C=O) groups is 3. The molecule has 0 N–H and O–H groups in total. The van der Waals surface area contributed by atoms with E-state index < -0.39 is 23.7 Å². The van der Waals surface area contributed by atoms with E-state index in [9.17, 15) is 14.4 Å². The number of esters is 1. The molecule has 3 aromatic rings. The van der Waals surface area contributed by atoms with Crippen LogP contribution in [0, 0.1) is 38.5 Å². The highest BCUT2D eigenvalue weighted by molar-refractivity contribution is 6.25. The lowest BCUT2D eigenvalue weighted by molar-refractivity contribution is -0.142. The summed E-state index contributed by atoms with van der Waals surface area (Å²) in [5.74, 6) is -3.23. The normalized spacial score (nSPS) is 24.9. The Morgan fingerprint density at radius 3 is 2.20 bits per heavy atom. The number of hydrogen-bond donors (Lipinski definition) is 0. The van der Waals surface area contributed by atoms with Crippen LogP contribution in [0.4, 0.5) is 5.69 Å². The van der Waals surface area contributed by atoms with E-state index in [0.717, 1.165) is 33.4 Å². The van der Waals surface area contributed by atoms with Gasteiger partial charge in [-0.3, -0.25) is 14.4 Å². The number of rotatable bonds is 2. The van der Waals surface area contributed by atoms with Crippen molar-refractivity contribution in [1.29, 1.82) is 0 Å². The Kier molecular flexibility index (Phi) is 4.78. The van der Waals surface area contributed by atoms with E-state index in [4.69, 9.17) is 4.74 Å². The largest absolute Gasteiger partial charge is 0.425 e. The van der Waals surface area contributed by atoms with Gasteiger partial charge in [-0.05, 0) is 55.2 Å². The predicted molar refractivity (Wildman–Crippen MR) is 133 cm³/mol. The minimum absolute atomic E-state index is 0.265. The molecule has 3 aromatic carbocycles. The summed E-state index contributed by atoms with van der Waals surface area (Å²) in [4.78, 5) is 42.6. The molecule has 0 bridgehead atoms. The summed E-state index contributed by atoms with van der Waals surface area (Å²) in [5.41, 5.74) is 5.99. The van der Waals surface area contributed by atoms with E-state index in [-0.39, 0.29) is 17.7 Å². The van der Waals surface area contributed by atoms with Crippen LogP contribution in [-0.2, 0) is 14.4 Å². The second-order valence-electron chi connectivity index (χ2n) is 9.81. The molecule has 0 spiro atoms. The molecular weight excluding hydrogens is 438 g/mol. The van der Waals surface area contributed by atoms with Crippen LogP contribution in [0.25, 0.3) is 5.57 Å². The minimum atomic E-state index is -0.824. The summed E-state index contributed by atoms with van der Waals surface area (Å²) >= 11 is 0. The molecule has 2 heterocycles. The fourth-order valence-corrected chi connectivity index (χ4v) is 5.96. The quantitative estimate of drug-likeness (QED) is 0.300. The van der Waals surface area contributed by atoms with Crippen LogP contribution in [0.5, 0.6) is 5.75 Å². The molecule has 5 nitrogen and oxygen atoms in total. The number of fused-ring (bicyclic) bond motifs is 5. The topological polar surface area (TPSA) is 63.7 Å². The van der Waals surface area contributed by atoms with E-state index in [1.807, 2.05) is 93.6 Å². The van der Waals surface area contributed by atoms with E-state index in [0.29, 0.717) is 11.4 Å². The molecule has 2 amide bonds. The molecule has 2 aliphatic heterocycles. The fraction of sp³-hybridized carbons (Fsp3) is 0.233. The Balaban J connectivity index is 1.56. The molecule has 3 aliphatic rings. The van der Waals surface area contributed by atoms with Crippen LogP contribution in [0.1, 0.15) is 33.7 Å². The Bertz CT molecular complexity index is 1440. The second-order valence-corrected chi connectivity index (χ2v) is 9.81. The number of hydrogen-bond acceptors (Lipinski definition) is 4. The number of ether oxygens (including phenoxy) is 1. The Morgan fingerprint density at radius 2 is 1.46 bits per heavy atom. The first-order chi connectivity index (χ1) is 16.8. The number of benzene rings is 3. The Morgan fingerprint density at radius 1 is 0.771 bits per heavy atom. The van der Waals surface area contributed by atoms with Gasteiger partial charge in [-0.2, -0.15) is 0 Å². The first-order valence-corrected chi connectivity index (χ1v) is 11.9. The molecule has 0 radical (unpaired) electrons. The van der Waals surface area contributed by atoms with Crippen molar-refractivity contribution in [3.63, 3.8) is 0 Å². The molecular formula is C30H25NO4. The third kappa shape index (κ3) is 3.18. The number of imide groups is 1. The van der Waals surface area contributed by atoms with Crippen molar-refractivity contribution in [1.82, 2.24) is 0 Å². The summed E-state index contributed by atoms with van der Waals surface area (Å²) in [5, 5.41) is 0. The van der Waals surface area contributed by atoms with Crippen LogP contribution in [0.15, 0.2) is 72.8 Å². The zero-order valence-corrected chi connectivity index (χ0v) is 19.8. The van der Waals surface area contributed by atoms with Crippen LogP contribution < -0.4 is 9.64 Å². The van der Waals surface area contributed by atoms with E-state index in [1.54, 1.807) is 0 Å². The van der Waals surface area contributed by atoms with Crippen molar-refractivity contribution in [2.75, 3.05) is 4.90 Å². The number of nitrogens with zero attached hydrogens (tertiary/aromatic N) is 1. The number of aryl methyl sites for hydroxylation is 3. The first-order valence-electron chi connectivity index (χ1n) is 11.9. The second kappa shape index (κ2) is 7.77. The SMILES string of the molecule is Cc1ccc(N2C(=O)[C@@H]3[C@@H]4C(=O)Oc5cc(C)ccc5C4=C[C@H](c4ccccc4)[C@@H]3C2=O)c(C)c1. The maximum absolute atomic E-state index is 14.0. The maximum atomic E-state index is 14.0. The van der Waals surface area contributed by atoms with E-state index >= 15 is 0 Å². The lowest BCUT2D eigenvalue weighted by atomic mass is 9.64. The van der Waals surface area contributed by atoms with Crippen molar-refractivity contribution < 1.29 is 19.1 Å².